The van der Waals surface area contributed by atoms with Crippen molar-refractivity contribution in [2.45, 2.75) is 23.7 Å². The van der Waals surface area contributed by atoms with E-state index in [0.717, 1.165) is 16.0 Å². The normalized spacial score (nSPS) is 11.9. The SMILES string of the molecule is CC(O)c1ccc(SCc2ccc(F)c(C#N)c2)cc1. The lowest BCUT2D eigenvalue weighted by molar-refractivity contribution is 0.199. The molecule has 0 radical (unpaired) electrons. The summed E-state index contributed by atoms with van der Waals surface area (Å²) in [5, 5.41) is 18.2. The van der Waals surface area contributed by atoms with Crippen molar-refractivity contribution >= 4 is 11.8 Å². The Bertz CT molecular complexity index is 632. The van der Waals surface area contributed by atoms with Gasteiger partial charge in [0.1, 0.15) is 11.9 Å². The lowest BCUT2D eigenvalue weighted by Gasteiger charge is -2.06. The molecule has 2 nitrogen and oxygen atoms in total. The Balaban J connectivity index is 2.03. The first-order valence-electron chi connectivity index (χ1n) is 6.19. The molecule has 2 aromatic rings. The van der Waals surface area contributed by atoms with E-state index < -0.39 is 11.9 Å². The first kappa shape index (κ1) is 14.6. The number of benzene rings is 2. The summed E-state index contributed by atoms with van der Waals surface area (Å²) < 4.78 is 13.2. The van der Waals surface area contributed by atoms with E-state index in [1.54, 1.807) is 30.8 Å². The van der Waals surface area contributed by atoms with Crippen LogP contribution in [0.3, 0.4) is 0 Å². The number of aliphatic hydroxyl groups excluding tert-OH is 1. The molecule has 2 rings (SSSR count). The second kappa shape index (κ2) is 6.56. The summed E-state index contributed by atoms with van der Waals surface area (Å²) in [5.74, 6) is 0.186. The highest BCUT2D eigenvalue weighted by atomic mass is 32.2. The monoisotopic (exact) mass is 287 g/mol. The molecule has 102 valence electrons. The number of thioether (sulfide) groups is 1. The van der Waals surface area contributed by atoms with E-state index in [4.69, 9.17) is 5.26 Å². The Morgan fingerprint density at radius 1 is 1.25 bits per heavy atom. The van der Waals surface area contributed by atoms with Gasteiger partial charge in [0.05, 0.1) is 11.7 Å². The zero-order valence-electron chi connectivity index (χ0n) is 11.0. The van der Waals surface area contributed by atoms with Crippen molar-refractivity contribution in [2.24, 2.45) is 0 Å². The molecule has 2 aromatic carbocycles. The molecule has 0 heterocycles. The van der Waals surface area contributed by atoms with E-state index in [9.17, 15) is 9.50 Å². The fourth-order valence-corrected chi connectivity index (χ4v) is 2.60. The van der Waals surface area contributed by atoms with Gasteiger partial charge in [-0.2, -0.15) is 5.26 Å². The Hall–Kier alpha value is -1.83. The van der Waals surface area contributed by atoms with Gasteiger partial charge in [0.15, 0.2) is 0 Å². The van der Waals surface area contributed by atoms with Gasteiger partial charge in [-0.15, -0.1) is 11.8 Å². The highest BCUT2D eigenvalue weighted by Gasteiger charge is 2.04. The van der Waals surface area contributed by atoms with Gasteiger partial charge in [0.25, 0.3) is 0 Å². The molecule has 0 saturated carbocycles. The molecule has 0 saturated heterocycles. The molecule has 1 atom stereocenters. The highest BCUT2D eigenvalue weighted by molar-refractivity contribution is 7.98. The predicted molar refractivity (Wildman–Crippen MR) is 77.8 cm³/mol. The van der Waals surface area contributed by atoms with Crippen molar-refractivity contribution in [1.29, 1.82) is 5.26 Å². The number of nitriles is 1. The van der Waals surface area contributed by atoms with E-state index in [1.807, 2.05) is 30.3 Å². The number of halogens is 1. The van der Waals surface area contributed by atoms with Crippen molar-refractivity contribution in [3.63, 3.8) is 0 Å². The molecule has 0 aromatic heterocycles. The highest BCUT2D eigenvalue weighted by Crippen LogP contribution is 2.25. The third kappa shape index (κ3) is 3.60. The van der Waals surface area contributed by atoms with Crippen LogP contribution in [0.25, 0.3) is 0 Å². The molecule has 0 spiro atoms. The van der Waals surface area contributed by atoms with Gasteiger partial charge in [-0.1, -0.05) is 18.2 Å². The van der Waals surface area contributed by atoms with Gasteiger partial charge >= 0.3 is 0 Å². The van der Waals surface area contributed by atoms with Crippen LogP contribution >= 0.6 is 11.8 Å². The molecule has 0 fully saturated rings. The summed E-state index contributed by atoms with van der Waals surface area (Å²) >= 11 is 1.61. The van der Waals surface area contributed by atoms with Crippen molar-refractivity contribution in [2.75, 3.05) is 0 Å². The van der Waals surface area contributed by atoms with Crippen LogP contribution < -0.4 is 0 Å². The average Bonchev–Trinajstić information content (AvgIpc) is 2.46. The molecule has 0 aliphatic heterocycles. The third-order valence-corrected chi connectivity index (χ3v) is 4.00. The average molecular weight is 287 g/mol. The lowest BCUT2D eigenvalue weighted by atomic mass is 10.1. The zero-order valence-corrected chi connectivity index (χ0v) is 11.8. The summed E-state index contributed by atoms with van der Waals surface area (Å²) in [6.07, 6.45) is -0.468. The molecule has 0 aliphatic carbocycles. The quantitative estimate of drug-likeness (QED) is 0.863. The van der Waals surface area contributed by atoms with E-state index in [1.165, 1.54) is 6.07 Å². The second-order valence-electron chi connectivity index (χ2n) is 4.46. The van der Waals surface area contributed by atoms with E-state index >= 15 is 0 Å². The van der Waals surface area contributed by atoms with Crippen LogP contribution in [-0.4, -0.2) is 5.11 Å². The van der Waals surface area contributed by atoms with E-state index in [-0.39, 0.29) is 5.56 Å². The van der Waals surface area contributed by atoms with Crippen molar-refractivity contribution in [3.8, 4) is 6.07 Å². The van der Waals surface area contributed by atoms with E-state index in [0.29, 0.717) is 5.75 Å². The number of aliphatic hydroxyl groups is 1. The number of hydrogen-bond donors (Lipinski definition) is 1. The Kier molecular flexibility index (Phi) is 4.78. The summed E-state index contributed by atoms with van der Waals surface area (Å²) in [7, 11) is 0. The molecule has 1 N–H and O–H groups in total. The van der Waals surface area contributed by atoms with Gasteiger partial charge in [-0.05, 0) is 42.3 Å². The summed E-state index contributed by atoms with van der Waals surface area (Å²) in [5.41, 5.74) is 1.86. The van der Waals surface area contributed by atoms with Gasteiger partial charge in [0.2, 0.25) is 0 Å². The Labute approximate surface area is 121 Å². The molecule has 0 bridgehead atoms. The van der Waals surface area contributed by atoms with Crippen LogP contribution in [0.4, 0.5) is 4.39 Å². The smallest absolute Gasteiger partial charge is 0.140 e. The van der Waals surface area contributed by atoms with Crippen molar-refractivity contribution < 1.29 is 9.50 Å². The summed E-state index contributed by atoms with van der Waals surface area (Å²) in [6, 6.07) is 14.1. The third-order valence-electron chi connectivity index (χ3n) is 2.92. The second-order valence-corrected chi connectivity index (χ2v) is 5.51. The lowest BCUT2D eigenvalue weighted by Crippen LogP contribution is -1.90. The molecule has 1 unspecified atom stereocenters. The number of hydrogen-bond acceptors (Lipinski definition) is 3. The fourth-order valence-electron chi connectivity index (χ4n) is 1.76. The standard InChI is InChI=1S/C16H14FNOS/c1-11(19)13-3-5-15(6-4-13)20-10-12-2-7-16(17)14(8-12)9-18/h2-8,11,19H,10H2,1H3. The minimum absolute atomic E-state index is 0.0764. The summed E-state index contributed by atoms with van der Waals surface area (Å²) in [6.45, 7) is 1.73. The van der Waals surface area contributed by atoms with Gasteiger partial charge in [0, 0.05) is 10.6 Å². The first-order valence-corrected chi connectivity index (χ1v) is 7.18. The zero-order chi connectivity index (χ0) is 14.5. The molecule has 4 heteroatoms. The molecule has 0 aliphatic rings. The van der Waals surface area contributed by atoms with Gasteiger partial charge < -0.3 is 5.11 Å². The van der Waals surface area contributed by atoms with Gasteiger partial charge in [-0.25, -0.2) is 4.39 Å². The van der Waals surface area contributed by atoms with E-state index in [2.05, 4.69) is 0 Å². The number of rotatable bonds is 4. The van der Waals surface area contributed by atoms with Crippen LogP contribution in [0.15, 0.2) is 47.4 Å². The maximum absolute atomic E-state index is 13.2. The molecular formula is C16H14FNOS. The van der Waals surface area contributed by atoms with Crippen LogP contribution in [0, 0.1) is 17.1 Å². The number of nitrogens with zero attached hydrogens (tertiary/aromatic N) is 1. The first-order chi connectivity index (χ1) is 9.60. The Morgan fingerprint density at radius 2 is 1.95 bits per heavy atom. The molecular weight excluding hydrogens is 273 g/mol. The van der Waals surface area contributed by atoms with Crippen LogP contribution in [0.5, 0.6) is 0 Å². The topological polar surface area (TPSA) is 44.0 Å². The molecule has 20 heavy (non-hydrogen) atoms. The van der Waals surface area contributed by atoms with Crippen LogP contribution in [-0.2, 0) is 5.75 Å². The maximum Gasteiger partial charge on any atom is 0.140 e. The summed E-state index contributed by atoms with van der Waals surface area (Å²) in [4.78, 5) is 1.07. The van der Waals surface area contributed by atoms with Crippen LogP contribution in [0.2, 0.25) is 0 Å². The van der Waals surface area contributed by atoms with Gasteiger partial charge in [-0.3, -0.25) is 0 Å². The van der Waals surface area contributed by atoms with Crippen LogP contribution in [0.1, 0.15) is 29.7 Å². The van der Waals surface area contributed by atoms with Crippen molar-refractivity contribution in [3.05, 3.63) is 65.0 Å². The largest absolute Gasteiger partial charge is 0.389 e. The Morgan fingerprint density at radius 3 is 2.55 bits per heavy atom. The fraction of sp³-hybridized carbons (Fsp3) is 0.188. The minimum Gasteiger partial charge on any atom is -0.389 e. The molecule has 0 amide bonds. The predicted octanol–water partition coefficient (Wildman–Crippen LogP) is 4.04. The maximum atomic E-state index is 13.2. The van der Waals surface area contributed by atoms with Crippen molar-refractivity contribution in [1.82, 2.24) is 0 Å². The minimum atomic E-state index is -0.484.